The van der Waals surface area contributed by atoms with Gasteiger partial charge in [-0.25, -0.2) is 9.18 Å². The van der Waals surface area contributed by atoms with Crippen molar-refractivity contribution in [1.29, 1.82) is 5.26 Å². The van der Waals surface area contributed by atoms with Crippen LogP contribution in [0, 0.1) is 17.1 Å². The zero-order valence-electron chi connectivity index (χ0n) is 16.0. The van der Waals surface area contributed by atoms with Gasteiger partial charge in [-0.2, -0.15) is 5.26 Å². The summed E-state index contributed by atoms with van der Waals surface area (Å²) in [6, 6.07) is 20.3. The highest BCUT2D eigenvalue weighted by Gasteiger charge is 2.17. The Morgan fingerprint density at radius 1 is 0.967 bits per heavy atom. The minimum Gasteiger partial charge on any atom is -0.493 e. The van der Waals surface area contributed by atoms with E-state index in [1.807, 2.05) is 6.07 Å². The first-order chi connectivity index (χ1) is 14.5. The first-order valence-corrected chi connectivity index (χ1v) is 8.89. The lowest BCUT2D eigenvalue weighted by molar-refractivity contribution is 0.0724. The van der Waals surface area contributed by atoms with Crippen molar-refractivity contribution in [2.45, 2.75) is 0 Å². The third kappa shape index (κ3) is 4.59. The van der Waals surface area contributed by atoms with Crippen molar-refractivity contribution in [3.63, 3.8) is 0 Å². The van der Waals surface area contributed by atoms with Crippen LogP contribution >= 0.6 is 0 Å². The van der Waals surface area contributed by atoms with Crippen LogP contribution in [-0.4, -0.2) is 18.9 Å². The van der Waals surface area contributed by atoms with Gasteiger partial charge < -0.3 is 9.47 Å². The fourth-order valence-electron chi connectivity index (χ4n) is 2.70. The van der Waals surface area contributed by atoms with Crippen molar-refractivity contribution in [1.82, 2.24) is 0 Å². The molecule has 3 aromatic rings. The van der Waals surface area contributed by atoms with Gasteiger partial charge in [0.05, 0.1) is 12.7 Å². The summed E-state index contributed by atoms with van der Waals surface area (Å²) in [6.07, 6.45) is 1.42. The molecule has 0 aliphatic heterocycles. The molecule has 3 rings (SSSR count). The molecule has 0 unspecified atom stereocenters. The standard InChI is InChI=1S/C24H16FNO4/c1-29-22-14-16(13-18(15-26)23(27)17-7-3-2-4-8-17)11-12-21(22)30-24(28)19-9-5-6-10-20(19)25/h2-14H,1H3/b18-13+. The number of ketones is 1. The van der Waals surface area contributed by atoms with E-state index in [4.69, 9.17) is 9.47 Å². The Balaban J connectivity index is 1.87. The fraction of sp³-hybridized carbons (Fsp3) is 0.0417. The Labute approximate surface area is 172 Å². The van der Waals surface area contributed by atoms with Crippen molar-refractivity contribution in [3.05, 3.63) is 101 Å². The zero-order chi connectivity index (χ0) is 21.5. The number of hydrogen-bond acceptors (Lipinski definition) is 5. The number of hydrogen-bond donors (Lipinski definition) is 0. The molecule has 0 fully saturated rings. The summed E-state index contributed by atoms with van der Waals surface area (Å²) in [5, 5.41) is 9.40. The lowest BCUT2D eigenvalue weighted by Gasteiger charge is -2.10. The Kier molecular flexibility index (Phi) is 6.36. The minimum absolute atomic E-state index is 0.0562. The lowest BCUT2D eigenvalue weighted by atomic mass is 10.0. The molecule has 0 N–H and O–H groups in total. The topological polar surface area (TPSA) is 76.4 Å². The molecular formula is C24H16FNO4. The van der Waals surface area contributed by atoms with E-state index < -0.39 is 17.6 Å². The predicted octanol–water partition coefficient (Wildman–Crippen LogP) is 4.84. The first kappa shape index (κ1) is 20.5. The second-order valence-electron chi connectivity index (χ2n) is 6.14. The lowest BCUT2D eigenvalue weighted by Crippen LogP contribution is -2.11. The number of Topliss-reactive ketones (excluding diaryl/α,β-unsaturated/α-hetero) is 1. The van der Waals surface area contributed by atoms with Crippen LogP contribution in [-0.2, 0) is 0 Å². The molecule has 5 nitrogen and oxygen atoms in total. The second-order valence-corrected chi connectivity index (χ2v) is 6.14. The number of halogens is 1. The minimum atomic E-state index is -0.869. The van der Waals surface area contributed by atoms with Crippen LogP contribution in [0.2, 0.25) is 0 Å². The fourth-order valence-corrected chi connectivity index (χ4v) is 2.70. The van der Waals surface area contributed by atoms with Crippen molar-refractivity contribution in [2.24, 2.45) is 0 Å². The predicted molar refractivity (Wildman–Crippen MR) is 109 cm³/mol. The van der Waals surface area contributed by atoms with E-state index in [1.165, 1.54) is 43.5 Å². The average molecular weight is 401 g/mol. The number of benzene rings is 3. The summed E-state index contributed by atoms with van der Waals surface area (Å²) >= 11 is 0. The molecule has 3 aromatic carbocycles. The Morgan fingerprint density at radius 3 is 2.33 bits per heavy atom. The van der Waals surface area contributed by atoms with Gasteiger partial charge in [-0.05, 0) is 35.9 Å². The summed E-state index contributed by atoms with van der Waals surface area (Å²) in [4.78, 5) is 24.7. The summed E-state index contributed by atoms with van der Waals surface area (Å²) < 4.78 is 24.3. The highest BCUT2D eigenvalue weighted by Crippen LogP contribution is 2.30. The third-order valence-electron chi connectivity index (χ3n) is 4.20. The van der Waals surface area contributed by atoms with E-state index in [0.717, 1.165) is 6.07 Å². The molecule has 0 aliphatic rings. The van der Waals surface area contributed by atoms with Crippen LogP contribution < -0.4 is 9.47 Å². The number of methoxy groups -OCH3 is 1. The highest BCUT2D eigenvalue weighted by molar-refractivity contribution is 6.14. The van der Waals surface area contributed by atoms with Gasteiger partial charge in [-0.15, -0.1) is 0 Å². The highest BCUT2D eigenvalue weighted by atomic mass is 19.1. The molecule has 0 saturated carbocycles. The van der Waals surface area contributed by atoms with Gasteiger partial charge in [-0.3, -0.25) is 4.79 Å². The first-order valence-electron chi connectivity index (χ1n) is 8.89. The van der Waals surface area contributed by atoms with Gasteiger partial charge in [0.15, 0.2) is 11.5 Å². The molecule has 0 heterocycles. The van der Waals surface area contributed by atoms with Crippen LogP contribution in [0.15, 0.2) is 78.4 Å². The molecule has 0 amide bonds. The number of rotatable bonds is 6. The maximum Gasteiger partial charge on any atom is 0.346 e. The average Bonchev–Trinajstić information content (AvgIpc) is 2.78. The summed E-state index contributed by atoms with van der Waals surface area (Å²) in [5.41, 5.74) is 0.633. The van der Waals surface area contributed by atoms with Gasteiger partial charge in [0.2, 0.25) is 5.78 Å². The molecule has 0 spiro atoms. The summed E-state index contributed by atoms with van der Waals surface area (Å²) in [5.74, 6) is -1.70. The van der Waals surface area contributed by atoms with Crippen LogP contribution in [0.5, 0.6) is 11.5 Å². The van der Waals surface area contributed by atoms with E-state index in [2.05, 4.69) is 0 Å². The Hall–Kier alpha value is -4.24. The van der Waals surface area contributed by atoms with Crippen LogP contribution in [0.25, 0.3) is 6.08 Å². The monoisotopic (exact) mass is 401 g/mol. The maximum absolute atomic E-state index is 13.8. The Morgan fingerprint density at radius 2 is 1.67 bits per heavy atom. The second kappa shape index (κ2) is 9.30. The van der Waals surface area contributed by atoms with E-state index in [-0.39, 0.29) is 22.6 Å². The zero-order valence-corrected chi connectivity index (χ0v) is 16.0. The Bertz CT molecular complexity index is 1160. The molecule has 0 aliphatic carbocycles. The van der Waals surface area contributed by atoms with Crippen molar-refractivity contribution in [3.8, 4) is 17.6 Å². The van der Waals surface area contributed by atoms with E-state index >= 15 is 0 Å². The van der Waals surface area contributed by atoms with Crippen LogP contribution in [0.3, 0.4) is 0 Å². The molecule has 0 atom stereocenters. The molecule has 0 aromatic heterocycles. The van der Waals surface area contributed by atoms with Crippen molar-refractivity contribution in [2.75, 3.05) is 7.11 Å². The van der Waals surface area contributed by atoms with E-state index in [0.29, 0.717) is 11.1 Å². The maximum atomic E-state index is 13.8. The van der Waals surface area contributed by atoms with E-state index in [9.17, 15) is 19.2 Å². The van der Waals surface area contributed by atoms with E-state index in [1.54, 1.807) is 36.4 Å². The van der Waals surface area contributed by atoms with Gasteiger partial charge in [0.25, 0.3) is 0 Å². The molecule has 148 valence electrons. The molecule has 0 bridgehead atoms. The van der Waals surface area contributed by atoms with Gasteiger partial charge in [0.1, 0.15) is 17.5 Å². The quantitative estimate of drug-likeness (QED) is 0.194. The van der Waals surface area contributed by atoms with Gasteiger partial charge >= 0.3 is 5.97 Å². The number of carbonyl (C=O) groups is 2. The van der Waals surface area contributed by atoms with Crippen molar-refractivity contribution >= 4 is 17.8 Å². The summed E-state index contributed by atoms with van der Waals surface area (Å²) in [7, 11) is 1.38. The SMILES string of the molecule is COc1cc(/C=C(\C#N)C(=O)c2ccccc2)ccc1OC(=O)c1ccccc1F. The van der Waals surface area contributed by atoms with Crippen LogP contribution in [0.4, 0.5) is 4.39 Å². The number of ether oxygens (including phenoxy) is 2. The summed E-state index contributed by atoms with van der Waals surface area (Å²) in [6.45, 7) is 0. The third-order valence-corrected chi connectivity index (χ3v) is 4.20. The molecule has 30 heavy (non-hydrogen) atoms. The number of esters is 1. The number of allylic oxidation sites excluding steroid dienone is 1. The van der Waals surface area contributed by atoms with Gasteiger partial charge in [0, 0.05) is 5.56 Å². The van der Waals surface area contributed by atoms with Crippen LogP contribution in [0.1, 0.15) is 26.3 Å². The van der Waals surface area contributed by atoms with Crippen molar-refractivity contribution < 1.29 is 23.5 Å². The number of nitriles is 1. The van der Waals surface area contributed by atoms with Gasteiger partial charge in [-0.1, -0.05) is 48.5 Å². The number of carbonyl (C=O) groups excluding carboxylic acids is 2. The number of nitrogens with zero attached hydrogens (tertiary/aromatic N) is 1. The smallest absolute Gasteiger partial charge is 0.346 e. The molecular weight excluding hydrogens is 385 g/mol. The molecule has 0 saturated heterocycles. The largest absolute Gasteiger partial charge is 0.493 e. The molecule has 6 heteroatoms. The normalized spacial score (nSPS) is 10.8. The molecule has 0 radical (unpaired) electrons.